The van der Waals surface area contributed by atoms with Gasteiger partial charge >= 0.3 is 0 Å². The zero-order valence-electron chi connectivity index (χ0n) is 15.1. The van der Waals surface area contributed by atoms with E-state index in [1.54, 1.807) is 6.20 Å². The highest BCUT2D eigenvalue weighted by molar-refractivity contribution is 9.10. The van der Waals surface area contributed by atoms with Gasteiger partial charge in [0.2, 0.25) is 0 Å². The molecular formula is C20H24BrN5O. The summed E-state index contributed by atoms with van der Waals surface area (Å²) < 4.78 is 2.86. The number of pyridine rings is 2. The highest BCUT2D eigenvalue weighted by atomic mass is 79.9. The Morgan fingerprint density at radius 2 is 2.11 bits per heavy atom. The van der Waals surface area contributed by atoms with Crippen molar-refractivity contribution in [1.82, 2.24) is 14.6 Å². The molecule has 1 saturated carbocycles. The van der Waals surface area contributed by atoms with E-state index in [1.807, 2.05) is 29.0 Å². The third-order valence-corrected chi connectivity index (χ3v) is 5.88. The van der Waals surface area contributed by atoms with Gasteiger partial charge in [-0.25, -0.2) is 4.52 Å². The molecule has 0 bridgehead atoms. The number of aliphatic hydroxyl groups is 1. The van der Waals surface area contributed by atoms with E-state index < -0.39 is 0 Å². The van der Waals surface area contributed by atoms with Crippen LogP contribution in [0.2, 0.25) is 0 Å². The Kier molecular flexibility index (Phi) is 5.59. The van der Waals surface area contributed by atoms with E-state index in [0.29, 0.717) is 18.5 Å². The average Bonchev–Trinajstić information content (AvgIpc) is 3.08. The fraction of sp³-hybridized carbons (Fsp3) is 0.400. The second kappa shape index (κ2) is 8.27. The summed E-state index contributed by atoms with van der Waals surface area (Å²) in [5.41, 5.74) is 3.16. The SMILES string of the molecule is OC[C@@H]1CCCC[C@H]1Nc1cc(NCc2cccnc2)n2ncc(Br)c2c1. The Morgan fingerprint density at radius 3 is 2.93 bits per heavy atom. The zero-order valence-corrected chi connectivity index (χ0v) is 16.7. The number of halogens is 1. The molecule has 0 aliphatic heterocycles. The number of nitrogens with one attached hydrogen (secondary N) is 2. The maximum absolute atomic E-state index is 9.71. The molecule has 27 heavy (non-hydrogen) atoms. The number of hydrogen-bond acceptors (Lipinski definition) is 5. The third kappa shape index (κ3) is 4.09. The van der Waals surface area contributed by atoms with Crippen molar-refractivity contribution >= 4 is 33.0 Å². The Labute approximate surface area is 167 Å². The number of fused-ring (bicyclic) bond motifs is 1. The topological polar surface area (TPSA) is 74.5 Å². The molecule has 6 nitrogen and oxygen atoms in total. The van der Waals surface area contributed by atoms with Gasteiger partial charge in [-0.15, -0.1) is 0 Å². The minimum absolute atomic E-state index is 0.238. The molecule has 7 heteroatoms. The van der Waals surface area contributed by atoms with Gasteiger partial charge in [-0.3, -0.25) is 4.98 Å². The first-order chi connectivity index (χ1) is 13.2. The van der Waals surface area contributed by atoms with E-state index in [0.717, 1.165) is 39.9 Å². The molecule has 1 fully saturated rings. The lowest BCUT2D eigenvalue weighted by atomic mass is 9.85. The van der Waals surface area contributed by atoms with Gasteiger partial charge in [-0.05, 0) is 46.5 Å². The van der Waals surface area contributed by atoms with Crippen molar-refractivity contribution < 1.29 is 5.11 Å². The molecule has 1 aliphatic rings. The Bertz CT molecular complexity index is 898. The number of nitrogens with zero attached hydrogens (tertiary/aromatic N) is 3. The van der Waals surface area contributed by atoms with Crippen molar-refractivity contribution in [1.29, 1.82) is 0 Å². The summed E-state index contributed by atoms with van der Waals surface area (Å²) in [7, 11) is 0. The van der Waals surface area contributed by atoms with Crippen LogP contribution in [0.3, 0.4) is 0 Å². The molecule has 2 atom stereocenters. The number of aromatic nitrogens is 3. The Balaban J connectivity index is 1.60. The molecule has 3 N–H and O–H groups in total. The normalized spacial score (nSPS) is 19.9. The lowest BCUT2D eigenvalue weighted by Crippen LogP contribution is -2.34. The summed E-state index contributed by atoms with van der Waals surface area (Å²) in [6.45, 7) is 0.912. The standard InChI is InChI=1S/C20H24BrN5O/c21-17-12-24-26-19(17)8-16(25-18-6-2-1-5-15(18)13-27)9-20(26)23-11-14-4-3-7-22-10-14/h3-4,7-10,12,15,18,23,25,27H,1-2,5-6,11,13H2/t15-,18+/m0/s1. The second-order valence-electron chi connectivity index (χ2n) is 7.11. The second-order valence-corrected chi connectivity index (χ2v) is 7.97. The fourth-order valence-corrected chi connectivity index (χ4v) is 4.17. The molecule has 0 unspecified atom stereocenters. The van der Waals surface area contributed by atoms with Crippen LogP contribution in [0.4, 0.5) is 11.5 Å². The molecule has 0 spiro atoms. The highest BCUT2D eigenvalue weighted by Gasteiger charge is 2.24. The van der Waals surface area contributed by atoms with Crippen molar-refractivity contribution in [2.75, 3.05) is 17.2 Å². The summed E-state index contributed by atoms with van der Waals surface area (Å²) >= 11 is 3.59. The quantitative estimate of drug-likeness (QED) is 0.550. The molecule has 0 aromatic carbocycles. The van der Waals surface area contributed by atoms with Crippen LogP contribution >= 0.6 is 15.9 Å². The van der Waals surface area contributed by atoms with E-state index in [4.69, 9.17) is 0 Å². The van der Waals surface area contributed by atoms with Crippen LogP contribution in [-0.2, 0) is 6.54 Å². The van der Waals surface area contributed by atoms with Crippen LogP contribution in [0.5, 0.6) is 0 Å². The summed E-state index contributed by atoms with van der Waals surface area (Å²) in [6, 6.07) is 8.49. The van der Waals surface area contributed by atoms with Gasteiger partial charge in [-0.2, -0.15) is 5.10 Å². The van der Waals surface area contributed by atoms with E-state index in [1.165, 1.54) is 12.8 Å². The maximum atomic E-state index is 9.71. The van der Waals surface area contributed by atoms with E-state index in [2.05, 4.69) is 48.8 Å². The van der Waals surface area contributed by atoms with Gasteiger partial charge in [0.1, 0.15) is 5.82 Å². The van der Waals surface area contributed by atoms with Crippen molar-refractivity contribution in [3.05, 3.63) is 52.9 Å². The first-order valence-corrected chi connectivity index (χ1v) is 10.2. The van der Waals surface area contributed by atoms with Gasteiger partial charge < -0.3 is 15.7 Å². The Morgan fingerprint density at radius 1 is 1.22 bits per heavy atom. The zero-order chi connectivity index (χ0) is 18.6. The molecule has 1 aliphatic carbocycles. The van der Waals surface area contributed by atoms with Crippen LogP contribution in [-0.4, -0.2) is 32.4 Å². The lowest BCUT2D eigenvalue weighted by molar-refractivity contribution is 0.178. The summed E-state index contributed by atoms with van der Waals surface area (Å²) in [5.74, 6) is 1.23. The molecule has 3 heterocycles. The molecule has 142 valence electrons. The summed E-state index contributed by atoms with van der Waals surface area (Å²) in [5, 5.41) is 21.3. The maximum Gasteiger partial charge on any atom is 0.130 e. The fourth-order valence-electron chi connectivity index (χ4n) is 3.79. The van der Waals surface area contributed by atoms with Gasteiger partial charge in [0.15, 0.2) is 0 Å². The molecular weight excluding hydrogens is 406 g/mol. The number of aliphatic hydroxyl groups excluding tert-OH is 1. The predicted molar refractivity (Wildman–Crippen MR) is 111 cm³/mol. The lowest BCUT2D eigenvalue weighted by Gasteiger charge is -2.31. The van der Waals surface area contributed by atoms with Crippen molar-refractivity contribution in [3.63, 3.8) is 0 Å². The number of rotatable bonds is 6. The smallest absolute Gasteiger partial charge is 0.130 e. The number of hydrogen-bond donors (Lipinski definition) is 3. The minimum atomic E-state index is 0.238. The molecule has 0 radical (unpaired) electrons. The van der Waals surface area contributed by atoms with Crippen molar-refractivity contribution in [3.8, 4) is 0 Å². The Hall–Kier alpha value is -2.12. The highest BCUT2D eigenvalue weighted by Crippen LogP contribution is 2.30. The molecule has 3 aromatic heterocycles. The van der Waals surface area contributed by atoms with Gasteiger partial charge in [0, 0.05) is 49.3 Å². The van der Waals surface area contributed by atoms with Crippen LogP contribution in [0.15, 0.2) is 47.3 Å². The van der Waals surface area contributed by atoms with E-state index in [9.17, 15) is 5.11 Å². The largest absolute Gasteiger partial charge is 0.396 e. The monoisotopic (exact) mass is 429 g/mol. The molecule has 3 aromatic rings. The molecule has 0 saturated heterocycles. The molecule has 4 rings (SSSR count). The van der Waals surface area contributed by atoms with Crippen LogP contribution in [0.1, 0.15) is 31.2 Å². The minimum Gasteiger partial charge on any atom is -0.396 e. The van der Waals surface area contributed by atoms with Crippen LogP contribution in [0, 0.1) is 5.92 Å². The van der Waals surface area contributed by atoms with Gasteiger partial charge in [-0.1, -0.05) is 18.9 Å². The van der Waals surface area contributed by atoms with Crippen molar-refractivity contribution in [2.24, 2.45) is 5.92 Å². The van der Waals surface area contributed by atoms with Crippen LogP contribution in [0.25, 0.3) is 5.52 Å². The van der Waals surface area contributed by atoms with E-state index in [-0.39, 0.29) is 6.61 Å². The number of anilines is 2. The predicted octanol–water partition coefficient (Wildman–Crippen LogP) is 4.07. The van der Waals surface area contributed by atoms with Gasteiger partial charge in [0.05, 0.1) is 16.2 Å². The van der Waals surface area contributed by atoms with Gasteiger partial charge in [0.25, 0.3) is 0 Å². The third-order valence-electron chi connectivity index (χ3n) is 5.26. The summed E-state index contributed by atoms with van der Waals surface area (Å²) in [6.07, 6.45) is 10.0. The average molecular weight is 430 g/mol. The first-order valence-electron chi connectivity index (χ1n) is 9.42. The molecule has 0 amide bonds. The van der Waals surface area contributed by atoms with Crippen molar-refractivity contribution in [2.45, 2.75) is 38.3 Å². The first kappa shape index (κ1) is 18.3. The van der Waals surface area contributed by atoms with Crippen LogP contribution < -0.4 is 10.6 Å². The van der Waals surface area contributed by atoms with E-state index >= 15 is 0 Å². The summed E-state index contributed by atoms with van der Waals surface area (Å²) in [4.78, 5) is 4.17.